The van der Waals surface area contributed by atoms with E-state index in [-0.39, 0.29) is 0 Å². The number of anilines is 1. The van der Waals surface area contributed by atoms with Gasteiger partial charge < -0.3 is 5.32 Å². The SMILES string of the molecule is CCCCCCC(C)Nc1cccc(Br)c1C. The van der Waals surface area contributed by atoms with Crippen molar-refractivity contribution in [2.45, 2.75) is 58.9 Å². The molecule has 1 atom stereocenters. The maximum Gasteiger partial charge on any atom is 0.0383 e. The van der Waals surface area contributed by atoms with Gasteiger partial charge in [0.1, 0.15) is 0 Å². The van der Waals surface area contributed by atoms with Crippen molar-refractivity contribution in [2.75, 3.05) is 5.32 Å². The Morgan fingerprint density at radius 2 is 2.00 bits per heavy atom. The van der Waals surface area contributed by atoms with Crippen molar-refractivity contribution in [3.63, 3.8) is 0 Å². The first kappa shape index (κ1) is 14.6. The molecule has 0 fully saturated rings. The lowest BCUT2D eigenvalue weighted by Gasteiger charge is -2.17. The van der Waals surface area contributed by atoms with Crippen LogP contribution in [-0.4, -0.2) is 6.04 Å². The highest BCUT2D eigenvalue weighted by atomic mass is 79.9. The second-order valence-corrected chi connectivity index (χ2v) is 5.66. The molecule has 0 heterocycles. The summed E-state index contributed by atoms with van der Waals surface area (Å²) in [4.78, 5) is 0. The maximum absolute atomic E-state index is 3.60. The zero-order chi connectivity index (χ0) is 12.7. The number of nitrogens with one attached hydrogen (secondary N) is 1. The van der Waals surface area contributed by atoms with Crippen LogP contribution >= 0.6 is 15.9 Å². The van der Waals surface area contributed by atoms with Crippen molar-refractivity contribution >= 4 is 21.6 Å². The van der Waals surface area contributed by atoms with Crippen LogP contribution in [0.5, 0.6) is 0 Å². The summed E-state index contributed by atoms with van der Waals surface area (Å²) in [6, 6.07) is 6.89. The third-order valence-corrected chi connectivity index (χ3v) is 4.02. The summed E-state index contributed by atoms with van der Waals surface area (Å²) in [7, 11) is 0. The Labute approximate surface area is 114 Å². The minimum atomic E-state index is 0.555. The molecule has 2 heteroatoms. The average Bonchev–Trinajstić information content (AvgIpc) is 2.31. The fourth-order valence-electron chi connectivity index (χ4n) is 1.98. The topological polar surface area (TPSA) is 12.0 Å². The van der Waals surface area contributed by atoms with E-state index in [1.807, 2.05) is 0 Å². The van der Waals surface area contributed by atoms with Gasteiger partial charge in [0.2, 0.25) is 0 Å². The average molecular weight is 298 g/mol. The van der Waals surface area contributed by atoms with Gasteiger partial charge in [-0.15, -0.1) is 0 Å². The van der Waals surface area contributed by atoms with Gasteiger partial charge in [-0.05, 0) is 38.0 Å². The third kappa shape index (κ3) is 5.12. The lowest BCUT2D eigenvalue weighted by atomic mass is 10.1. The van der Waals surface area contributed by atoms with Gasteiger partial charge in [-0.3, -0.25) is 0 Å². The number of halogens is 1. The lowest BCUT2D eigenvalue weighted by Crippen LogP contribution is -2.15. The summed E-state index contributed by atoms with van der Waals surface area (Å²) in [5.41, 5.74) is 2.55. The number of hydrogen-bond donors (Lipinski definition) is 1. The van der Waals surface area contributed by atoms with Crippen molar-refractivity contribution in [3.8, 4) is 0 Å². The van der Waals surface area contributed by atoms with Crippen LogP contribution in [0.4, 0.5) is 5.69 Å². The van der Waals surface area contributed by atoms with Gasteiger partial charge in [-0.2, -0.15) is 0 Å². The molecule has 0 aliphatic rings. The fourth-order valence-corrected chi connectivity index (χ4v) is 2.34. The van der Waals surface area contributed by atoms with Crippen LogP contribution in [0, 0.1) is 6.92 Å². The van der Waals surface area contributed by atoms with E-state index in [1.165, 1.54) is 47.8 Å². The summed E-state index contributed by atoms with van der Waals surface area (Å²) in [6.45, 7) is 6.68. The molecule has 0 amide bonds. The molecule has 17 heavy (non-hydrogen) atoms. The van der Waals surface area contributed by atoms with Crippen LogP contribution in [0.25, 0.3) is 0 Å². The van der Waals surface area contributed by atoms with Crippen molar-refractivity contribution in [3.05, 3.63) is 28.2 Å². The molecule has 0 radical (unpaired) electrons. The van der Waals surface area contributed by atoms with E-state index in [1.54, 1.807) is 0 Å². The molecule has 0 spiro atoms. The summed E-state index contributed by atoms with van der Waals surface area (Å²) in [5, 5.41) is 3.60. The molecule has 0 aromatic heterocycles. The zero-order valence-corrected chi connectivity index (χ0v) is 12.8. The molecule has 0 aliphatic heterocycles. The summed E-state index contributed by atoms with van der Waals surface area (Å²) >= 11 is 3.57. The van der Waals surface area contributed by atoms with E-state index in [0.717, 1.165) is 0 Å². The van der Waals surface area contributed by atoms with Gasteiger partial charge in [0.15, 0.2) is 0 Å². The largest absolute Gasteiger partial charge is 0.382 e. The predicted octanol–water partition coefficient (Wildman–Crippen LogP) is 5.53. The van der Waals surface area contributed by atoms with E-state index in [9.17, 15) is 0 Å². The van der Waals surface area contributed by atoms with Crippen molar-refractivity contribution < 1.29 is 0 Å². The van der Waals surface area contributed by atoms with Gasteiger partial charge in [-0.25, -0.2) is 0 Å². The molecule has 0 saturated heterocycles. The fraction of sp³-hybridized carbons (Fsp3) is 0.600. The maximum atomic E-state index is 3.60. The molecule has 1 N–H and O–H groups in total. The smallest absolute Gasteiger partial charge is 0.0383 e. The predicted molar refractivity (Wildman–Crippen MR) is 80.7 cm³/mol. The van der Waals surface area contributed by atoms with Gasteiger partial charge in [-0.1, -0.05) is 54.6 Å². The normalized spacial score (nSPS) is 12.5. The van der Waals surface area contributed by atoms with Crippen LogP contribution in [0.1, 0.15) is 51.5 Å². The Morgan fingerprint density at radius 3 is 2.71 bits per heavy atom. The summed E-state index contributed by atoms with van der Waals surface area (Å²) in [6.07, 6.45) is 6.62. The molecule has 0 aliphatic carbocycles. The van der Waals surface area contributed by atoms with E-state index >= 15 is 0 Å². The Hall–Kier alpha value is -0.500. The highest BCUT2D eigenvalue weighted by Crippen LogP contribution is 2.24. The van der Waals surface area contributed by atoms with Gasteiger partial charge in [0.25, 0.3) is 0 Å². The molecule has 1 unspecified atom stereocenters. The number of unbranched alkanes of at least 4 members (excludes halogenated alkanes) is 3. The monoisotopic (exact) mass is 297 g/mol. The number of rotatable bonds is 7. The first-order chi connectivity index (χ1) is 8.15. The first-order valence-corrected chi connectivity index (χ1v) is 7.46. The highest BCUT2D eigenvalue weighted by molar-refractivity contribution is 9.10. The molecule has 0 bridgehead atoms. The van der Waals surface area contributed by atoms with E-state index in [2.05, 4.69) is 60.2 Å². The molecular weight excluding hydrogens is 274 g/mol. The minimum absolute atomic E-state index is 0.555. The van der Waals surface area contributed by atoms with Crippen LogP contribution in [0.15, 0.2) is 22.7 Å². The Bertz CT molecular complexity index is 336. The quantitative estimate of drug-likeness (QED) is 0.653. The molecule has 1 aromatic carbocycles. The summed E-state index contributed by atoms with van der Waals surface area (Å²) in [5.74, 6) is 0. The standard InChI is InChI=1S/C15H24BrN/c1-4-5-6-7-9-12(2)17-15-11-8-10-14(16)13(15)3/h8,10-12,17H,4-7,9H2,1-3H3. The van der Waals surface area contributed by atoms with Crippen LogP contribution < -0.4 is 5.32 Å². The first-order valence-electron chi connectivity index (χ1n) is 6.66. The molecule has 1 nitrogen and oxygen atoms in total. The lowest BCUT2D eigenvalue weighted by molar-refractivity contribution is 0.594. The molecule has 1 rings (SSSR count). The number of benzene rings is 1. The Morgan fingerprint density at radius 1 is 1.24 bits per heavy atom. The highest BCUT2D eigenvalue weighted by Gasteiger charge is 2.05. The molecule has 1 aromatic rings. The Balaban J connectivity index is 2.39. The third-order valence-electron chi connectivity index (χ3n) is 3.16. The van der Waals surface area contributed by atoms with Crippen molar-refractivity contribution in [2.24, 2.45) is 0 Å². The van der Waals surface area contributed by atoms with Gasteiger partial charge >= 0.3 is 0 Å². The van der Waals surface area contributed by atoms with E-state index < -0.39 is 0 Å². The Kier molecular flexibility index (Phi) is 6.64. The van der Waals surface area contributed by atoms with Gasteiger partial charge in [0.05, 0.1) is 0 Å². The van der Waals surface area contributed by atoms with Crippen molar-refractivity contribution in [1.82, 2.24) is 0 Å². The van der Waals surface area contributed by atoms with Gasteiger partial charge in [0, 0.05) is 16.2 Å². The molecule has 96 valence electrons. The van der Waals surface area contributed by atoms with Crippen LogP contribution in [-0.2, 0) is 0 Å². The van der Waals surface area contributed by atoms with Crippen LogP contribution in [0.3, 0.4) is 0 Å². The second kappa shape index (κ2) is 7.75. The van der Waals surface area contributed by atoms with E-state index in [4.69, 9.17) is 0 Å². The zero-order valence-electron chi connectivity index (χ0n) is 11.2. The van der Waals surface area contributed by atoms with E-state index in [0.29, 0.717) is 6.04 Å². The molecular formula is C15H24BrN. The number of hydrogen-bond acceptors (Lipinski definition) is 1. The molecule has 0 saturated carbocycles. The van der Waals surface area contributed by atoms with Crippen molar-refractivity contribution in [1.29, 1.82) is 0 Å². The second-order valence-electron chi connectivity index (χ2n) is 4.81. The summed E-state index contributed by atoms with van der Waals surface area (Å²) < 4.78 is 1.18. The van der Waals surface area contributed by atoms with Crippen LogP contribution in [0.2, 0.25) is 0 Å². The minimum Gasteiger partial charge on any atom is -0.382 e.